The van der Waals surface area contributed by atoms with Gasteiger partial charge in [0, 0.05) is 44.0 Å². The van der Waals surface area contributed by atoms with Crippen molar-refractivity contribution in [3.63, 3.8) is 0 Å². The van der Waals surface area contributed by atoms with E-state index >= 15 is 0 Å². The summed E-state index contributed by atoms with van der Waals surface area (Å²) in [5.41, 5.74) is 5.88. The van der Waals surface area contributed by atoms with Crippen molar-refractivity contribution >= 4 is 17.2 Å². The normalized spacial score (nSPS) is 19.5. The lowest BCUT2D eigenvalue weighted by atomic mass is 9.92. The van der Waals surface area contributed by atoms with Crippen molar-refractivity contribution in [1.29, 1.82) is 0 Å². The van der Waals surface area contributed by atoms with E-state index in [1.807, 2.05) is 6.20 Å². The monoisotopic (exact) mass is 352 g/mol. The molecule has 1 aromatic heterocycles. The van der Waals surface area contributed by atoms with E-state index in [0.717, 1.165) is 62.2 Å². The van der Waals surface area contributed by atoms with E-state index in [0.29, 0.717) is 12.5 Å². The van der Waals surface area contributed by atoms with E-state index < -0.39 is 0 Å². The van der Waals surface area contributed by atoms with Gasteiger partial charge in [-0.1, -0.05) is 6.07 Å². The SMILES string of the molecule is Cc1cc(C2CNC2)cc2c1OCc1c(N3CCOCC3)ccnc1N2. The Morgan fingerprint density at radius 3 is 2.81 bits per heavy atom. The summed E-state index contributed by atoms with van der Waals surface area (Å²) < 4.78 is 11.7. The molecule has 0 radical (unpaired) electrons. The van der Waals surface area contributed by atoms with Crippen molar-refractivity contribution in [3.8, 4) is 5.75 Å². The standard InChI is InChI=1S/C20H24N4O2/c1-13-8-14(15-10-21-11-15)9-17-19(13)26-12-16-18(2-3-22-20(16)23-17)24-4-6-25-7-5-24/h2-3,8-9,15,21H,4-7,10-12H2,1H3,(H,22,23). The first-order chi connectivity index (χ1) is 12.8. The van der Waals surface area contributed by atoms with E-state index in [-0.39, 0.29) is 0 Å². The van der Waals surface area contributed by atoms with Crippen LogP contribution in [0.2, 0.25) is 0 Å². The Bertz CT molecular complexity index is 829. The summed E-state index contributed by atoms with van der Waals surface area (Å²) in [6, 6.07) is 6.58. The molecule has 26 heavy (non-hydrogen) atoms. The largest absolute Gasteiger partial charge is 0.486 e. The van der Waals surface area contributed by atoms with E-state index in [1.165, 1.54) is 16.8 Å². The van der Waals surface area contributed by atoms with E-state index in [9.17, 15) is 0 Å². The van der Waals surface area contributed by atoms with E-state index in [1.54, 1.807) is 0 Å². The van der Waals surface area contributed by atoms with Gasteiger partial charge in [-0.3, -0.25) is 0 Å². The number of fused-ring (bicyclic) bond motifs is 2. The highest BCUT2D eigenvalue weighted by atomic mass is 16.5. The summed E-state index contributed by atoms with van der Waals surface area (Å²) in [5, 5.41) is 6.90. The fourth-order valence-corrected chi connectivity index (χ4v) is 3.95. The number of morpholine rings is 1. The minimum Gasteiger partial charge on any atom is -0.486 e. The van der Waals surface area contributed by atoms with Crippen molar-refractivity contribution in [1.82, 2.24) is 10.3 Å². The summed E-state index contributed by atoms with van der Waals surface area (Å²) in [6.45, 7) is 8.10. The second-order valence-electron chi connectivity index (χ2n) is 7.24. The van der Waals surface area contributed by atoms with Gasteiger partial charge in [0.1, 0.15) is 18.2 Å². The third-order valence-electron chi connectivity index (χ3n) is 5.55. The van der Waals surface area contributed by atoms with Crippen molar-refractivity contribution in [3.05, 3.63) is 41.1 Å². The van der Waals surface area contributed by atoms with Gasteiger partial charge in [0.15, 0.2) is 0 Å². The van der Waals surface area contributed by atoms with Gasteiger partial charge in [0.2, 0.25) is 0 Å². The molecule has 0 atom stereocenters. The fourth-order valence-electron chi connectivity index (χ4n) is 3.95. The predicted molar refractivity (Wildman–Crippen MR) is 102 cm³/mol. The maximum Gasteiger partial charge on any atom is 0.146 e. The minimum atomic E-state index is 0.529. The van der Waals surface area contributed by atoms with Crippen molar-refractivity contribution in [2.24, 2.45) is 0 Å². The van der Waals surface area contributed by atoms with Gasteiger partial charge in [0.25, 0.3) is 0 Å². The van der Waals surface area contributed by atoms with E-state index in [4.69, 9.17) is 9.47 Å². The lowest BCUT2D eigenvalue weighted by Gasteiger charge is -2.30. The van der Waals surface area contributed by atoms with Crippen LogP contribution in [-0.4, -0.2) is 44.4 Å². The summed E-state index contributed by atoms with van der Waals surface area (Å²) in [6.07, 6.45) is 1.88. The lowest BCUT2D eigenvalue weighted by molar-refractivity contribution is 0.122. The second kappa shape index (κ2) is 6.45. The summed E-state index contributed by atoms with van der Waals surface area (Å²) in [5.74, 6) is 2.43. The molecule has 0 unspecified atom stereocenters. The maximum absolute atomic E-state index is 6.25. The molecule has 1 aromatic carbocycles. The van der Waals surface area contributed by atoms with Crippen LogP contribution in [-0.2, 0) is 11.3 Å². The molecule has 6 nitrogen and oxygen atoms in total. The van der Waals surface area contributed by atoms with Crippen LogP contribution < -0.4 is 20.3 Å². The molecular formula is C20H24N4O2. The molecule has 3 aliphatic rings. The summed E-state index contributed by atoms with van der Waals surface area (Å²) >= 11 is 0. The van der Waals surface area contributed by atoms with Gasteiger partial charge in [0.05, 0.1) is 24.5 Å². The molecule has 2 aromatic rings. The van der Waals surface area contributed by atoms with Crippen LogP contribution in [0, 0.1) is 6.92 Å². The second-order valence-corrected chi connectivity index (χ2v) is 7.24. The first-order valence-electron chi connectivity index (χ1n) is 9.35. The molecule has 5 rings (SSSR count). The number of pyridine rings is 1. The smallest absolute Gasteiger partial charge is 0.146 e. The molecule has 0 amide bonds. The first kappa shape index (κ1) is 15.9. The number of aromatic nitrogens is 1. The van der Waals surface area contributed by atoms with Crippen molar-refractivity contribution < 1.29 is 9.47 Å². The Morgan fingerprint density at radius 1 is 1.19 bits per heavy atom. The van der Waals surface area contributed by atoms with Crippen LogP contribution in [0.5, 0.6) is 5.75 Å². The number of aryl methyl sites for hydroxylation is 1. The number of anilines is 3. The van der Waals surface area contributed by atoms with Gasteiger partial charge in [-0.05, 0) is 30.2 Å². The molecule has 136 valence electrons. The van der Waals surface area contributed by atoms with Crippen LogP contribution in [0.4, 0.5) is 17.2 Å². The molecule has 0 spiro atoms. The number of nitrogens with one attached hydrogen (secondary N) is 2. The molecule has 6 heteroatoms. The highest BCUT2D eigenvalue weighted by molar-refractivity contribution is 5.74. The lowest BCUT2D eigenvalue weighted by Crippen LogP contribution is -2.39. The average Bonchev–Trinajstić information content (AvgIpc) is 2.80. The topological polar surface area (TPSA) is 58.7 Å². The van der Waals surface area contributed by atoms with E-state index in [2.05, 4.69) is 45.6 Å². The quantitative estimate of drug-likeness (QED) is 0.866. The third kappa shape index (κ3) is 2.70. The molecule has 0 aliphatic carbocycles. The first-order valence-corrected chi connectivity index (χ1v) is 9.35. The van der Waals surface area contributed by atoms with Crippen LogP contribution in [0.3, 0.4) is 0 Å². The Balaban J connectivity index is 1.52. The van der Waals surface area contributed by atoms with Crippen molar-refractivity contribution in [2.75, 3.05) is 49.6 Å². The predicted octanol–water partition coefficient (Wildman–Crippen LogP) is 2.55. The molecule has 4 heterocycles. The maximum atomic E-state index is 6.25. The molecule has 2 saturated heterocycles. The van der Waals surface area contributed by atoms with Gasteiger partial charge in [-0.25, -0.2) is 4.98 Å². The Labute approximate surface area is 153 Å². The zero-order chi connectivity index (χ0) is 17.5. The zero-order valence-corrected chi connectivity index (χ0v) is 15.0. The molecule has 0 saturated carbocycles. The fraction of sp³-hybridized carbons (Fsp3) is 0.450. The minimum absolute atomic E-state index is 0.529. The van der Waals surface area contributed by atoms with Crippen molar-refractivity contribution in [2.45, 2.75) is 19.4 Å². The van der Waals surface area contributed by atoms with Crippen LogP contribution in [0.25, 0.3) is 0 Å². The molecule has 2 fully saturated rings. The Kier molecular flexibility index (Phi) is 3.94. The zero-order valence-electron chi connectivity index (χ0n) is 15.0. The van der Waals surface area contributed by atoms with Crippen LogP contribution in [0.1, 0.15) is 22.6 Å². The number of nitrogens with zero attached hydrogens (tertiary/aromatic N) is 2. The highest BCUT2D eigenvalue weighted by Gasteiger charge is 2.25. The number of hydrogen-bond donors (Lipinski definition) is 2. The molecule has 3 aliphatic heterocycles. The van der Waals surface area contributed by atoms with Gasteiger partial charge < -0.3 is 25.0 Å². The van der Waals surface area contributed by atoms with Gasteiger partial charge >= 0.3 is 0 Å². The summed E-state index contributed by atoms with van der Waals surface area (Å²) in [4.78, 5) is 6.98. The Hall–Kier alpha value is -2.31. The van der Waals surface area contributed by atoms with Crippen LogP contribution in [0.15, 0.2) is 24.4 Å². The number of hydrogen-bond acceptors (Lipinski definition) is 6. The number of ether oxygens (including phenoxy) is 2. The number of rotatable bonds is 2. The molecule has 0 bridgehead atoms. The van der Waals surface area contributed by atoms with Crippen LogP contribution >= 0.6 is 0 Å². The summed E-state index contributed by atoms with van der Waals surface area (Å²) in [7, 11) is 0. The number of benzene rings is 1. The van der Waals surface area contributed by atoms with Gasteiger partial charge in [-0.2, -0.15) is 0 Å². The Morgan fingerprint density at radius 2 is 2.04 bits per heavy atom. The molecule has 2 N–H and O–H groups in total. The third-order valence-corrected chi connectivity index (χ3v) is 5.55. The average molecular weight is 352 g/mol. The molecular weight excluding hydrogens is 328 g/mol. The van der Waals surface area contributed by atoms with Gasteiger partial charge in [-0.15, -0.1) is 0 Å². The highest BCUT2D eigenvalue weighted by Crippen LogP contribution is 2.40.